The molecule has 1 saturated heterocycles. The molecule has 4 nitrogen and oxygen atoms in total. The van der Waals surface area contributed by atoms with Gasteiger partial charge in [0.05, 0.1) is 10.6 Å². The number of amides is 1. The third-order valence-corrected chi connectivity index (χ3v) is 6.03. The van der Waals surface area contributed by atoms with Crippen molar-refractivity contribution in [1.82, 2.24) is 5.32 Å². The summed E-state index contributed by atoms with van der Waals surface area (Å²) in [4.78, 5) is 17.6. The minimum atomic E-state index is -0.146. The fraction of sp³-hybridized carbons (Fsp3) is 0.120. The van der Waals surface area contributed by atoms with Crippen molar-refractivity contribution < 1.29 is 9.53 Å². The summed E-state index contributed by atoms with van der Waals surface area (Å²) < 4.78 is 5.81. The lowest BCUT2D eigenvalue weighted by Crippen LogP contribution is -2.19. The first-order chi connectivity index (χ1) is 15.0. The number of aliphatic imine (C=N–C) groups is 1. The number of nitrogens with one attached hydrogen (secondary N) is 1. The van der Waals surface area contributed by atoms with Crippen LogP contribution in [0.2, 0.25) is 5.02 Å². The smallest absolute Gasteiger partial charge is 0.264 e. The normalized spacial score (nSPS) is 16.0. The number of aryl methyl sites for hydroxylation is 2. The molecule has 156 valence electrons. The summed E-state index contributed by atoms with van der Waals surface area (Å²) in [6.45, 7) is 4.46. The number of benzene rings is 3. The number of carbonyl (C=O) groups is 1. The Morgan fingerprint density at radius 1 is 1.06 bits per heavy atom. The maximum atomic E-state index is 12.4. The van der Waals surface area contributed by atoms with Crippen molar-refractivity contribution in [2.75, 3.05) is 0 Å². The van der Waals surface area contributed by atoms with Crippen LogP contribution < -0.4 is 10.1 Å². The van der Waals surface area contributed by atoms with Crippen molar-refractivity contribution in [1.29, 1.82) is 0 Å². The van der Waals surface area contributed by atoms with Gasteiger partial charge in [0.25, 0.3) is 5.91 Å². The highest BCUT2D eigenvalue weighted by molar-refractivity contribution is 8.18. The molecule has 0 saturated carbocycles. The number of rotatable bonds is 5. The summed E-state index contributed by atoms with van der Waals surface area (Å²) in [6, 6.07) is 21.3. The van der Waals surface area contributed by atoms with E-state index in [2.05, 4.69) is 16.4 Å². The zero-order chi connectivity index (χ0) is 21.8. The molecule has 3 aromatic rings. The van der Waals surface area contributed by atoms with E-state index < -0.39 is 0 Å². The van der Waals surface area contributed by atoms with E-state index in [1.54, 1.807) is 0 Å². The number of halogens is 1. The van der Waals surface area contributed by atoms with Crippen LogP contribution in [0.4, 0.5) is 5.69 Å². The molecule has 0 unspecified atom stereocenters. The molecule has 0 spiro atoms. The van der Waals surface area contributed by atoms with Gasteiger partial charge in [-0.2, -0.15) is 0 Å². The number of carbonyl (C=O) groups excluding carboxylic acids is 1. The predicted molar refractivity (Wildman–Crippen MR) is 129 cm³/mol. The number of nitrogens with zero attached hydrogens (tertiary/aromatic N) is 1. The van der Waals surface area contributed by atoms with Crippen molar-refractivity contribution in [2.24, 2.45) is 4.99 Å². The minimum Gasteiger partial charge on any atom is -0.489 e. The van der Waals surface area contributed by atoms with Gasteiger partial charge in [0.15, 0.2) is 5.17 Å². The van der Waals surface area contributed by atoms with E-state index in [9.17, 15) is 4.79 Å². The van der Waals surface area contributed by atoms with E-state index in [1.165, 1.54) is 17.3 Å². The van der Waals surface area contributed by atoms with Crippen LogP contribution in [-0.4, -0.2) is 11.1 Å². The first-order valence-corrected chi connectivity index (χ1v) is 11.0. The van der Waals surface area contributed by atoms with Gasteiger partial charge in [-0.25, -0.2) is 4.99 Å². The summed E-state index contributed by atoms with van der Waals surface area (Å²) in [5, 5.41) is 4.11. The number of amidine groups is 1. The van der Waals surface area contributed by atoms with Gasteiger partial charge in [0, 0.05) is 10.6 Å². The monoisotopic (exact) mass is 448 g/mol. The highest BCUT2D eigenvalue weighted by Crippen LogP contribution is 2.30. The lowest BCUT2D eigenvalue weighted by atomic mass is 10.1. The fourth-order valence-corrected chi connectivity index (χ4v) is 4.13. The molecule has 1 aliphatic rings. The van der Waals surface area contributed by atoms with Crippen molar-refractivity contribution in [3.05, 3.63) is 98.9 Å². The van der Waals surface area contributed by atoms with Gasteiger partial charge in [0.1, 0.15) is 12.4 Å². The first kappa shape index (κ1) is 21.2. The van der Waals surface area contributed by atoms with Crippen molar-refractivity contribution >= 4 is 46.2 Å². The SMILES string of the molecule is Cc1ccc(N=C2NC(=O)C(=Cc3ccc(OCc4ccccc4Cl)cc3)S2)c(C)c1. The molecule has 0 atom stereocenters. The highest BCUT2D eigenvalue weighted by atomic mass is 35.5. The molecule has 1 aliphatic heterocycles. The van der Waals surface area contributed by atoms with Gasteiger partial charge in [-0.05, 0) is 67.1 Å². The molecule has 4 rings (SSSR count). The molecule has 1 heterocycles. The van der Waals surface area contributed by atoms with Crippen LogP contribution in [0, 0.1) is 13.8 Å². The highest BCUT2D eigenvalue weighted by Gasteiger charge is 2.24. The Morgan fingerprint density at radius 3 is 2.58 bits per heavy atom. The summed E-state index contributed by atoms with van der Waals surface area (Å²) in [5.74, 6) is 0.593. The number of hydrogen-bond donors (Lipinski definition) is 1. The molecule has 6 heteroatoms. The second-order valence-corrected chi connectivity index (χ2v) is 8.66. The molecule has 1 fully saturated rings. The van der Waals surface area contributed by atoms with Crippen LogP contribution in [0.25, 0.3) is 6.08 Å². The van der Waals surface area contributed by atoms with Crippen molar-refractivity contribution in [3.63, 3.8) is 0 Å². The average Bonchev–Trinajstić information content (AvgIpc) is 3.09. The second-order valence-electron chi connectivity index (χ2n) is 7.22. The Hall–Kier alpha value is -3.02. The van der Waals surface area contributed by atoms with Gasteiger partial charge in [-0.15, -0.1) is 0 Å². The lowest BCUT2D eigenvalue weighted by Gasteiger charge is -2.08. The van der Waals surface area contributed by atoms with Crippen LogP contribution in [0.1, 0.15) is 22.3 Å². The van der Waals surface area contributed by atoms with Gasteiger partial charge in [-0.1, -0.05) is 59.6 Å². The van der Waals surface area contributed by atoms with Crippen LogP contribution in [0.5, 0.6) is 5.75 Å². The summed E-state index contributed by atoms with van der Waals surface area (Å²) in [7, 11) is 0. The quantitative estimate of drug-likeness (QED) is 0.457. The molecular weight excluding hydrogens is 428 g/mol. The number of ether oxygens (including phenoxy) is 1. The van der Waals surface area contributed by atoms with Crippen LogP contribution in [0.15, 0.2) is 76.6 Å². The molecule has 0 aromatic heterocycles. The molecule has 0 bridgehead atoms. The Labute approximate surface area is 191 Å². The molecule has 1 N–H and O–H groups in total. The second kappa shape index (κ2) is 9.41. The van der Waals surface area contributed by atoms with Gasteiger partial charge < -0.3 is 10.1 Å². The third-order valence-electron chi connectivity index (χ3n) is 4.76. The largest absolute Gasteiger partial charge is 0.489 e. The van der Waals surface area contributed by atoms with Gasteiger partial charge in [0.2, 0.25) is 0 Å². The average molecular weight is 449 g/mol. The fourth-order valence-electron chi connectivity index (χ4n) is 3.11. The Bertz CT molecular complexity index is 1190. The molecule has 1 amide bonds. The topological polar surface area (TPSA) is 50.7 Å². The van der Waals surface area contributed by atoms with E-state index in [0.717, 1.165) is 28.1 Å². The number of hydrogen-bond acceptors (Lipinski definition) is 4. The van der Waals surface area contributed by atoms with Crippen LogP contribution in [0.3, 0.4) is 0 Å². The summed E-state index contributed by atoms with van der Waals surface area (Å²) in [6.07, 6.45) is 1.85. The van der Waals surface area contributed by atoms with Crippen LogP contribution in [-0.2, 0) is 11.4 Å². The van der Waals surface area contributed by atoms with E-state index in [1.807, 2.05) is 80.6 Å². The molecule has 31 heavy (non-hydrogen) atoms. The molecule has 0 aliphatic carbocycles. The Morgan fingerprint density at radius 2 is 1.84 bits per heavy atom. The maximum Gasteiger partial charge on any atom is 0.264 e. The molecule has 0 radical (unpaired) electrons. The summed E-state index contributed by atoms with van der Waals surface area (Å²) >= 11 is 7.50. The standard InChI is InChI=1S/C25H21ClN2O2S/c1-16-7-12-22(17(2)13-16)27-25-28-24(29)23(31-25)14-18-8-10-20(11-9-18)30-15-19-5-3-4-6-21(19)26/h3-14H,15H2,1-2H3,(H,27,28,29). The van der Waals surface area contributed by atoms with Crippen molar-refractivity contribution in [3.8, 4) is 5.75 Å². The predicted octanol–water partition coefficient (Wildman–Crippen LogP) is 6.43. The van der Waals surface area contributed by atoms with Crippen molar-refractivity contribution in [2.45, 2.75) is 20.5 Å². The first-order valence-electron chi connectivity index (χ1n) is 9.81. The zero-order valence-electron chi connectivity index (χ0n) is 17.2. The number of thioether (sulfide) groups is 1. The van der Waals surface area contributed by atoms with E-state index in [-0.39, 0.29) is 5.91 Å². The summed E-state index contributed by atoms with van der Waals surface area (Å²) in [5.41, 5.74) is 4.96. The zero-order valence-corrected chi connectivity index (χ0v) is 18.8. The lowest BCUT2D eigenvalue weighted by molar-refractivity contribution is -0.115. The molecular formula is C25H21ClN2O2S. The van der Waals surface area contributed by atoms with E-state index >= 15 is 0 Å². The Kier molecular flexibility index (Phi) is 6.44. The van der Waals surface area contributed by atoms with E-state index in [0.29, 0.717) is 21.7 Å². The van der Waals surface area contributed by atoms with Crippen LogP contribution >= 0.6 is 23.4 Å². The molecule has 3 aromatic carbocycles. The minimum absolute atomic E-state index is 0.146. The maximum absolute atomic E-state index is 12.4. The van der Waals surface area contributed by atoms with Gasteiger partial charge >= 0.3 is 0 Å². The Balaban J connectivity index is 1.43. The van der Waals surface area contributed by atoms with E-state index in [4.69, 9.17) is 16.3 Å². The third kappa shape index (κ3) is 5.37. The van der Waals surface area contributed by atoms with Gasteiger partial charge in [-0.3, -0.25) is 4.79 Å².